The summed E-state index contributed by atoms with van der Waals surface area (Å²) in [6.07, 6.45) is 3.36. The van der Waals surface area contributed by atoms with E-state index in [0.717, 1.165) is 30.9 Å². The average molecular weight is 264 g/mol. The Balaban J connectivity index is 2.20. The van der Waals surface area contributed by atoms with Crippen LogP contribution >= 0.6 is 0 Å². The Labute approximate surface area is 115 Å². The van der Waals surface area contributed by atoms with Crippen molar-refractivity contribution >= 4 is 0 Å². The van der Waals surface area contributed by atoms with Crippen LogP contribution in [0.25, 0.3) is 0 Å². The van der Waals surface area contributed by atoms with Crippen molar-refractivity contribution in [1.29, 1.82) is 0 Å². The van der Waals surface area contributed by atoms with Crippen molar-refractivity contribution in [2.75, 3.05) is 13.1 Å². The van der Waals surface area contributed by atoms with Gasteiger partial charge < -0.3 is 5.73 Å². The fourth-order valence-corrected chi connectivity index (χ4v) is 3.29. The lowest BCUT2D eigenvalue weighted by atomic mass is 9.89. The molecule has 0 aliphatic carbocycles. The molecule has 1 fully saturated rings. The molecule has 1 aliphatic rings. The summed E-state index contributed by atoms with van der Waals surface area (Å²) in [4.78, 5) is 2.48. The van der Waals surface area contributed by atoms with Gasteiger partial charge in [0, 0.05) is 18.6 Å². The second kappa shape index (κ2) is 6.49. The van der Waals surface area contributed by atoms with E-state index in [1.54, 1.807) is 12.1 Å². The molecule has 0 spiro atoms. The van der Waals surface area contributed by atoms with E-state index in [-0.39, 0.29) is 11.9 Å². The van der Waals surface area contributed by atoms with Crippen LogP contribution in [0.4, 0.5) is 4.39 Å². The van der Waals surface area contributed by atoms with Gasteiger partial charge in [-0.1, -0.05) is 26.0 Å². The smallest absolute Gasteiger partial charge is 0.123 e. The molecular weight excluding hydrogens is 239 g/mol. The third-order valence-corrected chi connectivity index (χ3v) is 4.32. The lowest BCUT2D eigenvalue weighted by Gasteiger charge is -2.43. The third-order valence-electron chi connectivity index (χ3n) is 4.32. The summed E-state index contributed by atoms with van der Waals surface area (Å²) in [6, 6.07) is 7.73. The molecule has 2 rings (SSSR count). The minimum absolute atomic E-state index is 0.148. The Hall–Kier alpha value is -0.930. The Bertz CT molecular complexity index is 407. The van der Waals surface area contributed by atoms with Crippen LogP contribution in [-0.4, -0.2) is 24.0 Å². The van der Waals surface area contributed by atoms with E-state index in [2.05, 4.69) is 18.7 Å². The number of halogens is 1. The molecule has 1 heterocycles. The van der Waals surface area contributed by atoms with Gasteiger partial charge in [0.05, 0.1) is 0 Å². The fraction of sp³-hybridized carbons (Fsp3) is 0.625. The van der Waals surface area contributed by atoms with Crippen LogP contribution in [-0.2, 0) is 0 Å². The Morgan fingerprint density at radius 1 is 1.47 bits per heavy atom. The summed E-state index contributed by atoms with van der Waals surface area (Å²) in [5.41, 5.74) is 7.02. The summed E-state index contributed by atoms with van der Waals surface area (Å²) in [5, 5.41) is 0. The van der Waals surface area contributed by atoms with Crippen LogP contribution in [0.5, 0.6) is 0 Å². The van der Waals surface area contributed by atoms with Crippen LogP contribution in [0.3, 0.4) is 0 Å². The highest BCUT2D eigenvalue weighted by molar-refractivity contribution is 5.20. The first-order valence-electron chi connectivity index (χ1n) is 7.37. The number of nitrogens with zero attached hydrogens (tertiary/aromatic N) is 1. The van der Waals surface area contributed by atoms with Crippen molar-refractivity contribution in [2.24, 2.45) is 11.7 Å². The average Bonchev–Trinajstić information content (AvgIpc) is 2.41. The maximum absolute atomic E-state index is 13.4. The number of piperidine rings is 1. The van der Waals surface area contributed by atoms with Gasteiger partial charge in [-0.15, -0.1) is 0 Å². The molecule has 0 aromatic heterocycles. The van der Waals surface area contributed by atoms with E-state index in [1.807, 2.05) is 6.07 Å². The quantitative estimate of drug-likeness (QED) is 0.903. The van der Waals surface area contributed by atoms with Crippen molar-refractivity contribution < 1.29 is 4.39 Å². The topological polar surface area (TPSA) is 29.3 Å². The molecule has 0 radical (unpaired) electrons. The molecule has 2 nitrogen and oxygen atoms in total. The zero-order valence-corrected chi connectivity index (χ0v) is 12.0. The molecule has 0 amide bonds. The first kappa shape index (κ1) is 14.5. The van der Waals surface area contributed by atoms with Crippen LogP contribution in [0, 0.1) is 11.7 Å². The third kappa shape index (κ3) is 3.34. The van der Waals surface area contributed by atoms with Crippen molar-refractivity contribution in [2.45, 2.75) is 45.2 Å². The predicted octanol–water partition coefficient (Wildman–Crippen LogP) is 3.34. The highest BCUT2D eigenvalue weighted by atomic mass is 19.1. The summed E-state index contributed by atoms with van der Waals surface area (Å²) in [5.74, 6) is 0.598. The van der Waals surface area contributed by atoms with E-state index in [1.165, 1.54) is 12.5 Å². The highest BCUT2D eigenvalue weighted by Gasteiger charge is 2.30. The van der Waals surface area contributed by atoms with Crippen molar-refractivity contribution in [3.8, 4) is 0 Å². The number of likely N-dealkylation sites (tertiary alicyclic amines) is 1. The number of nitrogens with two attached hydrogens (primary N) is 1. The number of benzene rings is 1. The van der Waals surface area contributed by atoms with Gasteiger partial charge in [0.25, 0.3) is 0 Å². The van der Waals surface area contributed by atoms with Crippen LogP contribution in [0.1, 0.15) is 44.7 Å². The van der Waals surface area contributed by atoms with E-state index >= 15 is 0 Å². The zero-order chi connectivity index (χ0) is 13.8. The maximum atomic E-state index is 13.4. The predicted molar refractivity (Wildman–Crippen MR) is 77.4 cm³/mol. The normalized spacial score (nSPS) is 26.3. The molecule has 2 N–H and O–H groups in total. The molecule has 1 saturated heterocycles. The standard InChI is InChI=1S/C16H25FN2/c1-3-16(13-5-4-6-14(17)10-13)19-8-7-12(2)9-15(19)11-18/h4-6,10,12,15-16H,3,7-9,11,18H2,1-2H3. The lowest BCUT2D eigenvalue weighted by Crippen LogP contribution is -2.47. The van der Waals surface area contributed by atoms with Gasteiger partial charge >= 0.3 is 0 Å². The van der Waals surface area contributed by atoms with Gasteiger partial charge in [-0.05, 0) is 49.4 Å². The molecular formula is C16H25FN2. The van der Waals surface area contributed by atoms with Gasteiger partial charge in [0.2, 0.25) is 0 Å². The van der Waals surface area contributed by atoms with Crippen LogP contribution < -0.4 is 5.73 Å². The van der Waals surface area contributed by atoms with Crippen molar-refractivity contribution in [3.63, 3.8) is 0 Å². The lowest BCUT2D eigenvalue weighted by molar-refractivity contribution is 0.0732. The summed E-state index contributed by atoms with van der Waals surface area (Å²) in [6.45, 7) is 6.22. The summed E-state index contributed by atoms with van der Waals surface area (Å²) in [7, 11) is 0. The molecule has 19 heavy (non-hydrogen) atoms. The number of hydrogen-bond acceptors (Lipinski definition) is 2. The first-order valence-corrected chi connectivity index (χ1v) is 7.37. The SMILES string of the molecule is CCC(c1cccc(F)c1)N1CCC(C)CC1CN. The van der Waals surface area contributed by atoms with Gasteiger partial charge in [-0.3, -0.25) is 4.90 Å². The minimum Gasteiger partial charge on any atom is -0.329 e. The van der Waals surface area contributed by atoms with E-state index < -0.39 is 0 Å². The summed E-state index contributed by atoms with van der Waals surface area (Å²) < 4.78 is 13.4. The van der Waals surface area contributed by atoms with Gasteiger partial charge in [-0.25, -0.2) is 4.39 Å². The van der Waals surface area contributed by atoms with Crippen molar-refractivity contribution in [1.82, 2.24) is 4.90 Å². The monoisotopic (exact) mass is 264 g/mol. The number of hydrogen-bond donors (Lipinski definition) is 1. The van der Waals surface area contributed by atoms with Crippen molar-refractivity contribution in [3.05, 3.63) is 35.6 Å². The minimum atomic E-state index is -0.148. The van der Waals surface area contributed by atoms with Gasteiger partial charge in [-0.2, -0.15) is 0 Å². The van der Waals surface area contributed by atoms with E-state index in [0.29, 0.717) is 12.6 Å². The molecule has 3 atom stereocenters. The second-order valence-electron chi connectivity index (χ2n) is 5.74. The highest BCUT2D eigenvalue weighted by Crippen LogP contribution is 2.32. The Kier molecular flexibility index (Phi) is 4.94. The molecule has 1 aromatic carbocycles. The molecule has 1 aliphatic heterocycles. The summed E-state index contributed by atoms with van der Waals surface area (Å²) >= 11 is 0. The molecule has 3 unspecified atom stereocenters. The Morgan fingerprint density at radius 3 is 2.89 bits per heavy atom. The molecule has 0 saturated carbocycles. The largest absolute Gasteiger partial charge is 0.329 e. The molecule has 0 bridgehead atoms. The Morgan fingerprint density at radius 2 is 2.26 bits per heavy atom. The molecule has 3 heteroatoms. The zero-order valence-electron chi connectivity index (χ0n) is 12.0. The first-order chi connectivity index (χ1) is 9.15. The molecule has 1 aromatic rings. The van der Waals surface area contributed by atoms with Gasteiger partial charge in [0.15, 0.2) is 0 Å². The maximum Gasteiger partial charge on any atom is 0.123 e. The second-order valence-corrected chi connectivity index (χ2v) is 5.74. The number of rotatable bonds is 4. The molecule has 106 valence electrons. The van der Waals surface area contributed by atoms with E-state index in [9.17, 15) is 4.39 Å². The van der Waals surface area contributed by atoms with Gasteiger partial charge in [0.1, 0.15) is 5.82 Å². The van der Waals surface area contributed by atoms with Crippen LogP contribution in [0.15, 0.2) is 24.3 Å². The fourth-order valence-electron chi connectivity index (χ4n) is 3.29. The van der Waals surface area contributed by atoms with Crippen LogP contribution in [0.2, 0.25) is 0 Å². The van der Waals surface area contributed by atoms with E-state index in [4.69, 9.17) is 5.73 Å².